The average molecular weight is 371 g/mol. The largest absolute Gasteiger partial charge is 0.373 e. The van der Waals surface area contributed by atoms with Gasteiger partial charge < -0.3 is 14.6 Å². The second kappa shape index (κ2) is 8.67. The fraction of sp³-hybridized carbons (Fsp3) is 0.524. The van der Waals surface area contributed by atoms with Crippen LogP contribution in [-0.2, 0) is 29.0 Å². The summed E-state index contributed by atoms with van der Waals surface area (Å²) < 4.78 is 10.9. The lowest BCUT2D eigenvalue weighted by atomic mass is 10.1. The van der Waals surface area contributed by atoms with E-state index in [2.05, 4.69) is 53.5 Å². The molecule has 2 atom stereocenters. The predicted octanol–water partition coefficient (Wildman–Crippen LogP) is 2.76. The van der Waals surface area contributed by atoms with Gasteiger partial charge in [-0.1, -0.05) is 29.4 Å². The van der Waals surface area contributed by atoms with Crippen LogP contribution in [0, 0.1) is 13.8 Å². The number of morpholine rings is 1. The number of hydrogen-bond acceptors (Lipinski definition) is 5. The van der Waals surface area contributed by atoms with E-state index in [1.807, 2.05) is 13.8 Å². The maximum atomic E-state index is 12.2. The Kier molecular flexibility index (Phi) is 6.29. The third kappa shape index (κ3) is 5.40. The molecule has 6 heteroatoms. The zero-order valence-corrected chi connectivity index (χ0v) is 16.6. The molecule has 1 fully saturated rings. The van der Waals surface area contributed by atoms with Gasteiger partial charge in [-0.05, 0) is 38.8 Å². The van der Waals surface area contributed by atoms with E-state index in [1.54, 1.807) is 0 Å². The first kappa shape index (κ1) is 19.6. The molecule has 0 aliphatic carbocycles. The number of carbonyl (C=O) groups excluding carboxylic acids is 1. The van der Waals surface area contributed by atoms with Gasteiger partial charge in [-0.2, -0.15) is 0 Å². The average Bonchev–Trinajstić information content (AvgIpc) is 2.92. The van der Waals surface area contributed by atoms with Gasteiger partial charge in [0.1, 0.15) is 5.76 Å². The lowest BCUT2D eigenvalue weighted by Crippen LogP contribution is -2.44. The number of aryl methyl sites for hydroxylation is 2. The number of aromatic nitrogens is 1. The molecule has 3 rings (SSSR count). The van der Waals surface area contributed by atoms with Crippen LogP contribution in [0.5, 0.6) is 0 Å². The first-order chi connectivity index (χ1) is 12.9. The van der Waals surface area contributed by atoms with Gasteiger partial charge >= 0.3 is 0 Å². The van der Waals surface area contributed by atoms with Crippen molar-refractivity contribution in [2.24, 2.45) is 0 Å². The third-order valence-electron chi connectivity index (χ3n) is 4.93. The number of nitrogens with one attached hydrogen (secondary N) is 1. The molecule has 1 amide bonds. The van der Waals surface area contributed by atoms with E-state index >= 15 is 0 Å². The normalized spacial score (nSPS) is 20.6. The third-order valence-corrected chi connectivity index (χ3v) is 4.93. The summed E-state index contributed by atoms with van der Waals surface area (Å²) in [5, 5.41) is 6.86. The second-order valence-electron chi connectivity index (χ2n) is 7.52. The number of carbonyl (C=O) groups is 1. The first-order valence-corrected chi connectivity index (χ1v) is 9.54. The molecule has 2 heterocycles. The summed E-state index contributed by atoms with van der Waals surface area (Å²) in [6.45, 7) is 11.3. The SMILES string of the molecule is Cc1noc(C)c1CC(=O)NCc1ccc(CN2CC(C)OC(C)C2)cc1. The van der Waals surface area contributed by atoms with Crippen molar-refractivity contribution in [3.8, 4) is 0 Å². The van der Waals surface area contributed by atoms with Crippen LogP contribution in [0.15, 0.2) is 28.8 Å². The maximum Gasteiger partial charge on any atom is 0.224 e. The summed E-state index contributed by atoms with van der Waals surface area (Å²) >= 11 is 0. The number of hydrogen-bond donors (Lipinski definition) is 1. The van der Waals surface area contributed by atoms with Gasteiger partial charge in [0.2, 0.25) is 5.91 Å². The van der Waals surface area contributed by atoms with Crippen molar-refractivity contribution in [3.63, 3.8) is 0 Å². The molecule has 6 nitrogen and oxygen atoms in total. The Morgan fingerprint density at radius 3 is 2.37 bits per heavy atom. The van der Waals surface area contributed by atoms with Crippen LogP contribution in [0.25, 0.3) is 0 Å². The Balaban J connectivity index is 1.48. The Labute approximate surface area is 160 Å². The summed E-state index contributed by atoms with van der Waals surface area (Å²) in [4.78, 5) is 14.6. The molecule has 1 aromatic heterocycles. The Bertz CT molecular complexity index is 740. The van der Waals surface area contributed by atoms with E-state index in [-0.39, 0.29) is 18.1 Å². The molecule has 0 saturated carbocycles. The van der Waals surface area contributed by atoms with Crippen molar-refractivity contribution in [3.05, 3.63) is 52.4 Å². The highest BCUT2D eigenvalue weighted by Crippen LogP contribution is 2.15. The number of benzene rings is 1. The number of rotatable bonds is 6. The Hall–Kier alpha value is -2.18. The van der Waals surface area contributed by atoms with Gasteiger partial charge in [0.25, 0.3) is 0 Å². The van der Waals surface area contributed by atoms with Crippen LogP contribution in [0.2, 0.25) is 0 Å². The highest BCUT2D eigenvalue weighted by atomic mass is 16.5. The quantitative estimate of drug-likeness (QED) is 0.846. The highest BCUT2D eigenvalue weighted by Gasteiger charge is 2.22. The van der Waals surface area contributed by atoms with Gasteiger partial charge in [0.15, 0.2) is 0 Å². The molecule has 0 radical (unpaired) electrons. The zero-order chi connectivity index (χ0) is 19.4. The van der Waals surface area contributed by atoms with Gasteiger partial charge in [-0.25, -0.2) is 0 Å². The molecule has 0 bridgehead atoms. The first-order valence-electron chi connectivity index (χ1n) is 9.54. The second-order valence-corrected chi connectivity index (χ2v) is 7.52. The van der Waals surface area contributed by atoms with Crippen molar-refractivity contribution >= 4 is 5.91 Å². The van der Waals surface area contributed by atoms with Crippen LogP contribution in [-0.4, -0.2) is 41.3 Å². The highest BCUT2D eigenvalue weighted by molar-refractivity contribution is 5.78. The fourth-order valence-electron chi connectivity index (χ4n) is 3.61. The minimum atomic E-state index is -0.0234. The molecule has 1 aromatic carbocycles. The number of amides is 1. The fourth-order valence-corrected chi connectivity index (χ4v) is 3.61. The minimum Gasteiger partial charge on any atom is -0.373 e. The number of ether oxygens (including phenoxy) is 1. The van der Waals surface area contributed by atoms with Crippen LogP contribution in [0.4, 0.5) is 0 Å². The zero-order valence-electron chi connectivity index (χ0n) is 16.6. The molecule has 0 spiro atoms. The van der Waals surface area contributed by atoms with Gasteiger partial charge in [-0.15, -0.1) is 0 Å². The van der Waals surface area contributed by atoms with Crippen molar-refractivity contribution in [1.82, 2.24) is 15.4 Å². The van der Waals surface area contributed by atoms with E-state index < -0.39 is 0 Å². The molecule has 2 unspecified atom stereocenters. The van der Waals surface area contributed by atoms with E-state index in [0.29, 0.717) is 18.7 Å². The van der Waals surface area contributed by atoms with Gasteiger partial charge in [0, 0.05) is 31.7 Å². The lowest BCUT2D eigenvalue weighted by Gasteiger charge is -2.35. The van der Waals surface area contributed by atoms with E-state index in [1.165, 1.54) is 5.56 Å². The Morgan fingerprint density at radius 2 is 1.78 bits per heavy atom. The molecule has 27 heavy (non-hydrogen) atoms. The van der Waals surface area contributed by atoms with E-state index in [9.17, 15) is 4.79 Å². The van der Waals surface area contributed by atoms with E-state index in [4.69, 9.17) is 9.26 Å². The molecule has 146 valence electrons. The molecular formula is C21H29N3O3. The van der Waals surface area contributed by atoms with Gasteiger partial charge in [0.05, 0.1) is 24.3 Å². The molecule has 1 aliphatic rings. The molecule has 1 aliphatic heterocycles. The predicted molar refractivity (Wildman–Crippen MR) is 103 cm³/mol. The molecule has 1 saturated heterocycles. The minimum absolute atomic E-state index is 0.0234. The summed E-state index contributed by atoms with van der Waals surface area (Å²) in [7, 11) is 0. The molecule has 1 N–H and O–H groups in total. The van der Waals surface area contributed by atoms with Crippen LogP contribution in [0.3, 0.4) is 0 Å². The monoisotopic (exact) mass is 371 g/mol. The summed E-state index contributed by atoms with van der Waals surface area (Å²) in [6, 6.07) is 8.44. The summed E-state index contributed by atoms with van der Waals surface area (Å²) in [6.07, 6.45) is 0.856. The van der Waals surface area contributed by atoms with Gasteiger partial charge in [-0.3, -0.25) is 9.69 Å². The lowest BCUT2D eigenvalue weighted by molar-refractivity contribution is -0.120. The van der Waals surface area contributed by atoms with Crippen molar-refractivity contribution in [2.45, 2.75) is 59.4 Å². The maximum absolute atomic E-state index is 12.2. The molecule has 2 aromatic rings. The summed E-state index contributed by atoms with van der Waals surface area (Å²) in [5.74, 6) is 0.684. The molecular weight excluding hydrogens is 342 g/mol. The van der Waals surface area contributed by atoms with Crippen LogP contribution in [0.1, 0.15) is 42.0 Å². The van der Waals surface area contributed by atoms with Crippen LogP contribution < -0.4 is 5.32 Å². The van der Waals surface area contributed by atoms with Crippen LogP contribution >= 0.6 is 0 Å². The summed E-state index contributed by atoms with van der Waals surface area (Å²) in [5.41, 5.74) is 4.02. The van der Waals surface area contributed by atoms with E-state index in [0.717, 1.165) is 36.5 Å². The van der Waals surface area contributed by atoms with Crippen molar-refractivity contribution in [2.75, 3.05) is 13.1 Å². The van der Waals surface area contributed by atoms with Crippen molar-refractivity contribution < 1.29 is 14.1 Å². The Morgan fingerprint density at radius 1 is 1.15 bits per heavy atom. The smallest absolute Gasteiger partial charge is 0.224 e. The van der Waals surface area contributed by atoms with Crippen molar-refractivity contribution in [1.29, 1.82) is 0 Å². The number of nitrogens with zero attached hydrogens (tertiary/aromatic N) is 2. The topological polar surface area (TPSA) is 67.6 Å². The standard InChI is InChI=1S/C21H29N3O3/c1-14-11-24(12-15(2)26-14)13-19-7-5-18(6-8-19)10-22-21(25)9-20-16(3)23-27-17(20)4/h5-8,14-15H,9-13H2,1-4H3,(H,22,25).